The highest BCUT2D eigenvalue weighted by atomic mass is 16.5. The van der Waals surface area contributed by atoms with Gasteiger partial charge >= 0.3 is 5.97 Å². The number of nitrogens with zero attached hydrogens (tertiary/aromatic N) is 1. The van der Waals surface area contributed by atoms with Crippen LogP contribution in [0.15, 0.2) is 18.2 Å². The molecule has 7 nitrogen and oxygen atoms in total. The van der Waals surface area contributed by atoms with Crippen LogP contribution in [-0.2, 0) is 19.1 Å². The van der Waals surface area contributed by atoms with Gasteiger partial charge in [-0.3, -0.25) is 14.4 Å². The summed E-state index contributed by atoms with van der Waals surface area (Å²) in [5.41, 5.74) is 1.87. The molecule has 1 heterocycles. The summed E-state index contributed by atoms with van der Waals surface area (Å²) in [6.45, 7) is 8.08. The Hall–Kier alpha value is -2.57. The fourth-order valence-electron chi connectivity index (χ4n) is 3.00. The molecule has 1 aliphatic heterocycles. The van der Waals surface area contributed by atoms with Gasteiger partial charge in [0.1, 0.15) is 11.8 Å². The van der Waals surface area contributed by atoms with Crippen molar-refractivity contribution in [3.05, 3.63) is 29.3 Å². The van der Waals surface area contributed by atoms with Crippen LogP contribution in [0.25, 0.3) is 0 Å². The second-order valence-electron chi connectivity index (χ2n) is 6.33. The second-order valence-corrected chi connectivity index (χ2v) is 6.33. The van der Waals surface area contributed by atoms with Crippen molar-refractivity contribution < 1.29 is 23.9 Å². The summed E-state index contributed by atoms with van der Waals surface area (Å²) in [6.07, 6.45) is -0.938. The average Bonchev–Trinajstić information content (AvgIpc) is 2.59. The lowest BCUT2D eigenvalue weighted by Gasteiger charge is -2.36. The Morgan fingerprint density at radius 2 is 1.96 bits per heavy atom. The molecule has 1 aliphatic rings. The number of benzene rings is 1. The van der Waals surface area contributed by atoms with Crippen LogP contribution in [0, 0.1) is 13.8 Å². The lowest BCUT2D eigenvalue weighted by atomic mass is 10.1. The summed E-state index contributed by atoms with van der Waals surface area (Å²) in [5, 5.41) is 2.69. The largest absolute Gasteiger partial charge is 0.480 e. The molecule has 142 valence electrons. The van der Waals surface area contributed by atoms with Crippen LogP contribution in [-0.4, -0.2) is 54.5 Å². The first-order chi connectivity index (χ1) is 12.3. The number of rotatable bonds is 6. The maximum Gasteiger partial charge on any atom is 0.308 e. The van der Waals surface area contributed by atoms with E-state index in [1.54, 1.807) is 13.8 Å². The van der Waals surface area contributed by atoms with Crippen molar-refractivity contribution in [1.82, 2.24) is 10.2 Å². The number of aryl methyl sites for hydroxylation is 2. The predicted octanol–water partition coefficient (Wildman–Crippen LogP) is 1.35. The number of hydrogen-bond acceptors (Lipinski definition) is 5. The fourth-order valence-corrected chi connectivity index (χ4v) is 3.00. The fraction of sp³-hybridized carbons (Fsp3) is 0.526. The van der Waals surface area contributed by atoms with Crippen molar-refractivity contribution in [1.29, 1.82) is 0 Å². The first-order valence-corrected chi connectivity index (χ1v) is 8.81. The van der Waals surface area contributed by atoms with Crippen molar-refractivity contribution in [3.8, 4) is 5.75 Å². The van der Waals surface area contributed by atoms with E-state index in [2.05, 4.69) is 5.32 Å². The predicted molar refractivity (Wildman–Crippen MR) is 95.8 cm³/mol. The van der Waals surface area contributed by atoms with Gasteiger partial charge in [-0.05, 0) is 38.8 Å². The number of carbonyl (C=O) groups excluding carboxylic acids is 3. The van der Waals surface area contributed by atoms with Gasteiger partial charge in [0.15, 0.2) is 6.10 Å². The molecular weight excluding hydrogens is 336 g/mol. The molecule has 0 spiro atoms. The maximum atomic E-state index is 12.9. The number of ether oxygens (including phenoxy) is 2. The normalized spacial score (nSPS) is 18.1. The van der Waals surface area contributed by atoms with E-state index in [1.165, 1.54) is 4.90 Å². The average molecular weight is 362 g/mol. The minimum Gasteiger partial charge on any atom is -0.480 e. The molecule has 2 rings (SSSR count). The van der Waals surface area contributed by atoms with Crippen LogP contribution in [0.4, 0.5) is 0 Å². The number of nitrogens with one attached hydrogen (secondary N) is 1. The van der Waals surface area contributed by atoms with E-state index in [0.29, 0.717) is 18.8 Å². The lowest BCUT2D eigenvalue weighted by Crippen LogP contribution is -2.60. The van der Waals surface area contributed by atoms with Crippen molar-refractivity contribution in [2.75, 3.05) is 19.7 Å². The second kappa shape index (κ2) is 8.69. The number of amides is 2. The highest BCUT2D eigenvalue weighted by molar-refractivity contribution is 5.93. The Morgan fingerprint density at radius 3 is 2.58 bits per heavy atom. The van der Waals surface area contributed by atoms with Crippen LogP contribution in [0.2, 0.25) is 0 Å². The molecule has 1 aromatic rings. The van der Waals surface area contributed by atoms with Crippen molar-refractivity contribution in [3.63, 3.8) is 0 Å². The smallest absolute Gasteiger partial charge is 0.308 e. The lowest BCUT2D eigenvalue weighted by molar-refractivity contribution is -0.154. The summed E-state index contributed by atoms with van der Waals surface area (Å²) in [7, 11) is 0. The Labute approximate surface area is 153 Å². The molecule has 2 amide bonds. The highest BCUT2D eigenvalue weighted by Crippen LogP contribution is 2.24. The number of carbonyl (C=O) groups is 3. The zero-order valence-electron chi connectivity index (χ0n) is 15.7. The molecule has 26 heavy (non-hydrogen) atoms. The summed E-state index contributed by atoms with van der Waals surface area (Å²) in [5.74, 6) is -0.513. The van der Waals surface area contributed by atoms with E-state index < -0.39 is 18.1 Å². The van der Waals surface area contributed by atoms with Crippen LogP contribution in [0.3, 0.4) is 0 Å². The van der Waals surface area contributed by atoms with Crippen LogP contribution >= 0.6 is 0 Å². The molecule has 0 aromatic heterocycles. The summed E-state index contributed by atoms with van der Waals surface area (Å²) >= 11 is 0. The Bertz CT molecular complexity index is 668. The van der Waals surface area contributed by atoms with E-state index in [0.717, 1.165) is 11.1 Å². The van der Waals surface area contributed by atoms with Gasteiger partial charge in [-0.1, -0.05) is 18.2 Å². The zero-order chi connectivity index (χ0) is 19.3. The molecule has 1 aromatic carbocycles. The number of piperazine rings is 1. The van der Waals surface area contributed by atoms with E-state index in [4.69, 9.17) is 9.47 Å². The molecule has 1 saturated heterocycles. The quantitative estimate of drug-likeness (QED) is 0.772. The third kappa shape index (κ3) is 4.53. The van der Waals surface area contributed by atoms with E-state index >= 15 is 0 Å². The SMILES string of the molecule is CCOC(=O)C[C@@H]1C(=O)NCCN1C(=O)[C@H](C)Oc1c(C)cccc1C. The van der Waals surface area contributed by atoms with Gasteiger partial charge in [0.05, 0.1) is 13.0 Å². The molecular formula is C19H26N2O5. The van der Waals surface area contributed by atoms with Gasteiger partial charge in [0.2, 0.25) is 5.91 Å². The molecule has 1 fully saturated rings. The standard InChI is InChI=1S/C19H26N2O5/c1-5-25-16(22)11-15-18(23)20-9-10-21(15)19(24)14(4)26-17-12(2)7-6-8-13(17)3/h6-8,14-15H,5,9-11H2,1-4H3,(H,20,23)/t14-,15+/m0/s1. The van der Waals surface area contributed by atoms with Crippen molar-refractivity contribution >= 4 is 17.8 Å². The third-order valence-electron chi connectivity index (χ3n) is 4.33. The molecule has 0 unspecified atom stereocenters. The summed E-state index contributed by atoms with van der Waals surface area (Å²) < 4.78 is 10.8. The first kappa shape index (κ1) is 19.8. The van der Waals surface area contributed by atoms with Gasteiger partial charge in [0, 0.05) is 13.1 Å². The van der Waals surface area contributed by atoms with Crippen LogP contribution < -0.4 is 10.1 Å². The van der Waals surface area contributed by atoms with Gasteiger partial charge < -0.3 is 19.7 Å². The minimum atomic E-state index is -0.876. The Balaban J connectivity index is 2.13. The number of hydrogen-bond donors (Lipinski definition) is 1. The van der Waals surface area contributed by atoms with Crippen molar-refractivity contribution in [2.24, 2.45) is 0 Å². The third-order valence-corrected chi connectivity index (χ3v) is 4.33. The summed E-state index contributed by atoms with van der Waals surface area (Å²) in [4.78, 5) is 38.3. The van der Waals surface area contributed by atoms with Crippen LogP contribution in [0.5, 0.6) is 5.75 Å². The molecule has 2 atom stereocenters. The van der Waals surface area contributed by atoms with Crippen LogP contribution in [0.1, 0.15) is 31.4 Å². The monoisotopic (exact) mass is 362 g/mol. The molecule has 0 bridgehead atoms. The molecule has 0 saturated carbocycles. The molecule has 1 N–H and O–H groups in total. The Morgan fingerprint density at radius 1 is 1.31 bits per heavy atom. The van der Waals surface area contributed by atoms with E-state index in [-0.39, 0.29) is 24.8 Å². The van der Waals surface area contributed by atoms with Gasteiger partial charge in [0.25, 0.3) is 5.91 Å². The summed E-state index contributed by atoms with van der Waals surface area (Å²) in [6, 6.07) is 4.88. The molecule has 0 aliphatic carbocycles. The Kier molecular flexibility index (Phi) is 6.60. The highest BCUT2D eigenvalue weighted by Gasteiger charge is 2.37. The van der Waals surface area contributed by atoms with E-state index in [9.17, 15) is 14.4 Å². The first-order valence-electron chi connectivity index (χ1n) is 8.81. The number of para-hydroxylation sites is 1. The molecule has 7 heteroatoms. The maximum absolute atomic E-state index is 12.9. The van der Waals surface area contributed by atoms with Gasteiger partial charge in [-0.15, -0.1) is 0 Å². The van der Waals surface area contributed by atoms with Crippen molar-refractivity contribution in [2.45, 2.75) is 46.3 Å². The topological polar surface area (TPSA) is 84.9 Å². The molecule has 0 radical (unpaired) electrons. The zero-order valence-corrected chi connectivity index (χ0v) is 15.7. The van der Waals surface area contributed by atoms with Gasteiger partial charge in [-0.2, -0.15) is 0 Å². The minimum absolute atomic E-state index is 0.165. The van der Waals surface area contributed by atoms with E-state index in [1.807, 2.05) is 32.0 Å². The number of esters is 1. The van der Waals surface area contributed by atoms with Gasteiger partial charge in [-0.25, -0.2) is 0 Å².